The summed E-state index contributed by atoms with van der Waals surface area (Å²) in [5, 5.41) is 6.88. The van der Waals surface area contributed by atoms with Crippen LogP contribution in [0.3, 0.4) is 0 Å². The lowest BCUT2D eigenvalue weighted by molar-refractivity contribution is 0.378. The molecule has 0 saturated carbocycles. The molecule has 0 aliphatic carbocycles. The number of hydrogen-bond acceptors (Lipinski definition) is 5. The van der Waals surface area contributed by atoms with E-state index in [1.807, 2.05) is 78.9 Å². The number of benzene rings is 4. The van der Waals surface area contributed by atoms with Crippen LogP contribution in [-0.2, 0) is 13.0 Å². The van der Waals surface area contributed by atoms with Crippen LogP contribution in [0.25, 0.3) is 0 Å². The van der Waals surface area contributed by atoms with Crippen LogP contribution in [-0.4, -0.2) is 20.8 Å². The van der Waals surface area contributed by atoms with E-state index in [0.717, 1.165) is 47.9 Å². The monoisotopic (exact) mass is 454 g/mol. The number of ether oxygens (including phenoxy) is 3. The highest BCUT2D eigenvalue weighted by atomic mass is 16.5. The molecule has 2 N–H and O–H groups in total. The van der Waals surface area contributed by atoms with E-state index in [0.29, 0.717) is 11.5 Å². The molecule has 0 spiro atoms. The molecule has 34 heavy (non-hydrogen) atoms. The summed E-state index contributed by atoms with van der Waals surface area (Å²) < 4.78 is 17.0. The Balaban J connectivity index is 1.33. The molecule has 4 rings (SSSR count). The maximum atomic E-state index is 6.14. The van der Waals surface area contributed by atoms with Crippen molar-refractivity contribution in [1.82, 2.24) is 5.32 Å². The fraction of sp³-hybridized carbons (Fsp3) is 0.172. The summed E-state index contributed by atoms with van der Waals surface area (Å²) in [5.74, 6) is 3.01. The highest BCUT2D eigenvalue weighted by Crippen LogP contribution is 2.33. The standard InChI is InChI=1S/C29H30N2O3/c1-32-26-14-11-22(12-15-26)17-18-30-21-23-13-16-28(29(19-23)33-2)34-27-10-6-9-25(20-27)31-24-7-4-3-5-8-24/h3-16,19-20,30-31H,17-18,21H2,1-2H3. The third kappa shape index (κ3) is 6.53. The molecule has 0 heterocycles. The van der Waals surface area contributed by atoms with Crippen molar-refractivity contribution >= 4 is 11.4 Å². The zero-order valence-electron chi connectivity index (χ0n) is 19.6. The summed E-state index contributed by atoms with van der Waals surface area (Å²) in [5.41, 5.74) is 4.40. The largest absolute Gasteiger partial charge is 0.497 e. The van der Waals surface area contributed by atoms with Crippen molar-refractivity contribution in [3.63, 3.8) is 0 Å². The van der Waals surface area contributed by atoms with Crippen LogP contribution >= 0.6 is 0 Å². The van der Waals surface area contributed by atoms with Gasteiger partial charge in [-0.15, -0.1) is 0 Å². The summed E-state index contributed by atoms with van der Waals surface area (Å²) in [6.07, 6.45) is 0.954. The van der Waals surface area contributed by atoms with Crippen molar-refractivity contribution in [1.29, 1.82) is 0 Å². The lowest BCUT2D eigenvalue weighted by Crippen LogP contribution is -2.16. The Hall–Kier alpha value is -3.96. The van der Waals surface area contributed by atoms with Crippen molar-refractivity contribution in [3.05, 3.63) is 108 Å². The van der Waals surface area contributed by atoms with Gasteiger partial charge in [0.15, 0.2) is 11.5 Å². The van der Waals surface area contributed by atoms with E-state index < -0.39 is 0 Å². The Morgan fingerprint density at radius 3 is 2.15 bits per heavy atom. The maximum absolute atomic E-state index is 6.14. The van der Waals surface area contributed by atoms with E-state index >= 15 is 0 Å². The van der Waals surface area contributed by atoms with Crippen LogP contribution in [0.5, 0.6) is 23.0 Å². The van der Waals surface area contributed by atoms with E-state index in [-0.39, 0.29) is 0 Å². The van der Waals surface area contributed by atoms with Gasteiger partial charge in [0, 0.05) is 24.0 Å². The van der Waals surface area contributed by atoms with Crippen molar-refractivity contribution < 1.29 is 14.2 Å². The van der Waals surface area contributed by atoms with Crippen LogP contribution in [0.1, 0.15) is 11.1 Å². The first kappa shape index (κ1) is 23.2. The lowest BCUT2D eigenvalue weighted by Gasteiger charge is -2.14. The second-order valence-corrected chi connectivity index (χ2v) is 7.88. The van der Waals surface area contributed by atoms with Gasteiger partial charge in [-0.2, -0.15) is 0 Å². The SMILES string of the molecule is COc1ccc(CCNCc2ccc(Oc3cccc(Nc4ccccc4)c3)c(OC)c2)cc1. The highest BCUT2D eigenvalue weighted by Gasteiger charge is 2.08. The Bertz CT molecular complexity index is 1180. The predicted octanol–water partition coefficient (Wildman–Crippen LogP) is 6.57. The number of para-hydroxylation sites is 1. The molecule has 0 radical (unpaired) electrons. The summed E-state index contributed by atoms with van der Waals surface area (Å²) in [7, 11) is 3.35. The normalized spacial score (nSPS) is 10.5. The zero-order valence-corrected chi connectivity index (χ0v) is 19.6. The average molecular weight is 455 g/mol. The molecule has 0 fully saturated rings. The quantitative estimate of drug-likeness (QED) is 0.251. The third-order valence-electron chi connectivity index (χ3n) is 5.43. The Morgan fingerprint density at radius 1 is 0.618 bits per heavy atom. The molecule has 4 aromatic rings. The zero-order chi connectivity index (χ0) is 23.6. The molecule has 0 atom stereocenters. The van der Waals surface area contributed by atoms with Crippen LogP contribution in [0.4, 0.5) is 11.4 Å². The number of anilines is 2. The maximum Gasteiger partial charge on any atom is 0.169 e. The summed E-state index contributed by atoms with van der Waals surface area (Å²) in [6, 6.07) is 32.2. The average Bonchev–Trinajstić information content (AvgIpc) is 2.88. The van der Waals surface area contributed by atoms with E-state index in [9.17, 15) is 0 Å². The van der Waals surface area contributed by atoms with E-state index in [1.54, 1.807) is 14.2 Å². The summed E-state index contributed by atoms with van der Waals surface area (Å²) >= 11 is 0. The number of hydrogen-bond donors (Lipinski definition) is 2. The predicted molar refractivity (Wildman–Crippen MR) is 138 cm³/mol. The van der Waals surface area contributed by atoms with Crippen molar-refractivity contribution in [2.75, 3.05) is 26.1 Å². The summed E-state index contributed by atoms with van der Waals surface area (Å²) in [6.45, 7) is 1.64. The van der Waals surface area contributed by atoms with Gasteiger partial charge in [-0.3, -0.25) is 0 Å². The van der Waals surface area contributed by atoms with Crippen molar-refractivity contribution in [2.45, 2.75) is 13.0 Å². The van der Waals surface area contributed by atoms with Crippen LogP contribution in [0.2, 0.25) is 0 Å². The smallest absolute Gasteiger partial charge is 0.169 e. The second-order valence-electron chi connectivity index (χ2n) is 7.88. The second kappa shape index (κ2) is 11.8. The topological polar surface area (TPSA) is 51.8 Å². The van der Waals surface area contributed by atoms with Crippen LogP contribution < -0.4 is 24.8 Å². The first-order chi connectivity index (χ1) is 16.7. The van der Waals surface area contributed by atoms with Gasteiger partial charge in [0.2, 0.25) is 0 Å². The van der Waals surface area contributed by atoms with Crippen molar-refractivity contribution in [2.24, 2.45) is 0 Å². The Kier molecular flexibility index (Phi) is 8.04. The lowest BCUT2D eigenvalue weighted by atomic mass is 10.1. The number of rotatable bonds is 11. The van der Waals surface area contributed by atoms with Crippen LogP contribution in [0.15, 0.2) is 97.1 Å². The highest BCUT2D eigenvalue weighted by molar-refractivity contribution is 5.61. The molecule has 0 aromatic heterocycles. The van der Waals surface area contributed by atoms with Gasteiger partial charge in [-0.1, -0.05) is 42.5 Å². The van der Waals surface area contributed by atoms with Gasteiger partial charge >= 0.3 is 0 Å². The molecule has 0 aliphatic heterocycles. The molecular weight excluding hydrogens is 424 g/mol. The van der Waals surface area contributed by atoms with Gasteiger partial charge in [-0.25, -0.2) is 0 Å². The molecular formula is C29H30N2O3. The molecule has 4 aromatic carbocycles. The van der Waals surface area contributed by atoms with E-state index in [1.165, 1.54) is 5.56 Å². The van der Waals surface area contributed by atoms with Crippen molar-refractivity contribution in [3.8, 4) is 23.0 Å². The van der Waals surface area contributed by atoms with E-state index in [2.05, 4.69) is 28.8 Å². The molecule has 174 valence electrons. The number of nitrogens with one attached hydrogen (secondary N) is 2. The van der Waals surface area contributed by atoms with E-state index in [4.69, 9.17) is 14.2 Å². The molecule has 0 aliphatic rings. The molecule has 0 unspecified atom stereocenters. The summed E-state index contributed by atoms with van der Waals surface area (Å²) in [4.78, 5) is 0. The minimum atomic E-state index is 0.682. The fourth-order valence-electron chi connectivity index (χ4n) is 3.62. The molecule has 0 bridgehead atoms. The fourth-order valence-corrected chi connectivity index (χ4v) is 3.62. The Labute approximate surface area is 201 Å². The van der Waals surface area contributed by atoms with Gasteiger partial charge in [0.1, 0.15) is 11.5 Å². The number of methoxy groups -OCH3 is 2. The van der Waals surface area contributed by atoms with Gasteiger partial charge in [0.25, 0.3) is 0 Å². The third-order valence-corrected chi connectivity index (χ3v) is 5.43. The van der Waals surface area contributed by atoms with Gasteiger partial charge < -0.3 is 24.8 Å². The first-order valence-electron chi connectivity index (χ1n) is 11.3. The van der Waals surface area contributed by atoms with Gasteiger partial charge in [0.05, 0.1) is 14.2 Å². The Morgan fingerprint density at radius 2 is 1.38 bits per heavy atom. The minimum absolute atomic E-state index is 0.682. The first-order valence-corrected chi connectivity index (χ1v) is 11.3. The molecule has 5 nitrogen and oxygen atoms in total. The van der Waals surface area contributed by atoms with Gasteiger partial charge in [-0.05, 0) is 72.6 Å². The molecule has 5 heteroatoms. The van der Waals surface area contributed by atoms with Crippen LogP contribution in [0, 0.1) is 0 Å². The molecule has 0 saturated heterocycles. The minimum Gasteiger partial charge on any atom is -0.497 e. The molecule has 0 amide bonds.